The van der Waals surface area contributed by atoms with Crippen LogP contribution >= 0.6 is 11.6 Å². The molecule has 0 aliphatic heterocycles. The molecule has 0 spiro atoms. The minimum atomic E-state index is -0.0750. The number of methoxy groups -OCH3 is 1. The number of halogens is 1. The minimum absolute atomic E-state index is 0.0477. The van der Waals surface area contributed by atoms with Gasteiger partial charge in [0.15, 0.2) is 13.1 Å². The second-order valence-electron chi connectivity index (χ2n) is 5.56. The van der Waals surface area contributed by atoms with Crippen molar-refractivity contribution in [2.45, 2.75) is 19.9 Å². The van der Waals surface area contributed by atoms with E-state index in [0.717, 1.165) is 16.9 Å². The van der Waals surface area contributed by atoms with Gasteiger partial charge in [-0.1, -0.05) is 23.7 Å². The number of ether oxygens (including phenoxy) is 1. The first-order valence-corrected chi connectivity index (χ1v) is 8.53. The molecule has 0 bridgehead atoms. The molecule has 2 amide bonds. The SMILES string of the molecule is CC[NH+](CC(=O)NCCCOC)CC(=O)NCc1ccc(Cl)cc1. The predicted octanol–water partition coefficient (Wildman–Crippen LogP) is 0.0137. The monoisotopic (exact) mass is 356 g/mol. The maximum Gasteiger partial charge on any atom is 0.275 e. The Hall–Kier alpha value is -1.63. The molecule has 134 valence electrons. The van der Waals surface area contributed by atoms with Gasteiger partial charge in [0.2, 0.25) is 0 Å². The maximum atomic E-state index is 12.0. The zero-order valence-electron chi connectivity index (χ0n) is 14.4. The summed E-state index contributed by atoms with van der Waals surface area (Å²) in [6.07, 6.45) is 0.783. The molecule has 1 unspecified atom stereocenters. The average Bonchev–Trinajstić information content (AvgIpc) is 2.57. The molecule has 7 heteroatoms. The van der Waals surface area contributed by atoms with Crippen LogP contribution in [0.15, 0.2) is 24.3 Å². The Bertz CT molecular complexity index is 508. The third-order valence-corrected chi connectivity index (χ3v) is 3.82. The van der Waals surface area contributed by atoms with Gasteiger partial charge in [-0.15, -0.1) is 0 Å². The van der Waals surface area contributed by atoms with Gasteiger partial charge in [-0.3, -0.25) is 9.59 Å². The molecule has 0 heterocycles. The zero-order chi connectivity index (χ0) is 17.8. The topological polar surface area (TPSA) is 71.9 Å². The summed E-state index contributed by atoms with van der Waals surface area (Å²) in [4.78, 5) is 24.8. The van der Waals surface area contributed by atoms with Crippen molar-refractivity contribution in [3.63, 3.8) is 0 Å². The van der Waals surface area contributed by atoms with Crippen molar-refractivity contribution >= 4 is 23.4 Å². The van der Waals surface area contributed by atoms with Crippen LogP contribution in [0.1, 0.15) is 18.9 Å². The highest BCUT2D eigenvalue weighted by Gasteiger charge is 2.16. The average molecular weight is 357 g/mol. The summed E-state index contributed by atoms with van der Waals surface area (Å²) >= 11 is 5.83. The lowest BCUT2D eigenvalue weighted by molar-refractivity contribution is -0.881. The molecule has 0 radical (unpaired) electrons. The quantitative estimate of drug-likeness (QED) is 0.489. The predicted molar refractivity (Wildman–Crippen MR) is 94.0 cm³/mol. The van der Waals surface area contributed by atoms with Gasteiger partial charge in [0, 0.05) is 31.8 Å². The molecule has 1 rings (SSSR count). The van der Waals surface area contributed by atoms with Crippen LogP contribution in [-0.4, -0.2) is 51.7 Å². The fourth-order valence-corrected chi connectivity index (χ4v) is 2.26. The molecule has 0 saturated heterocycles. The number of hydrogen-bond acceptors (Lipinski definition) is 3. The van der Waals surface area contributed by atoms with E-state index in [1.165, 1.54) is 0 Å². The van der Waals surface area contributed by atoms with Crippen molar-refractivity contribution in [1.29, 1.82) is 0 Å². The van der Waals surface area contributed by atoms with E-state index in [-0.39, 0.29) is 24.9 Å². The van der Waals surface area contributed by atoms with Gasteiger partial charge >= 0.3 is 0 Å². The van der Waals surface area contributed by atoms with Crippen molar-refractivity contribution in [3.05, 3.63) is 34.9 Å². The molecule has 6 nitrogen and oxygen atoms in total. The molecule has 1 aromatic rings. The molecule has 0 aliphatic carbocycles. The van der Waals surface area contributed by atoms with Gasteiger partial charge < -0.3 is 20.3 Å². The third-order valence-electron chi connectivity index (χ3n) is 3.57. The lowest BCUT2D eigenvalue weighted by Crippen LogP contribution is -3.14. The number of amides is 2. The third kappa shape index (κ3) is 8.86. The van der Waals surface area contributed by atoms with Gasteiger partial charge in [-0.25, -0.2) is 0 Å². The lowest BCUT2D eigenvalue weighted by Gasteiger charge is -2.17. The fraction of sp³-hybridized carbons (Fsp3) is 0.529. The first-order valence-electron chi connectivity index (χ1n) is 8.15. The van der Waals surface area contributed by atoms with Crippen molar-refractivity contribution < 1.29 is 19.2 Å². The van der Waals surface area contributed by atoms with E-state index in [1.54, 1.807) is 19.2 Å². The summed E-state index contributed by atoms with van der Waals surface area (Å²) in [5.41, 5.74) is 0.988. The summed E-state index contributed by atoms with van der Waals surface area (Å²) in [6, 6.07) is 7.34. The van der Waals surface area contributed by atoms with Crippen LogP contribution in [0, 0.1) is 0 Å². The summed E-state index contributed by atoms with van der Waals surface area (Å²) in [5, 5.41) is 6.37. The largest absolute Gasteiger partial charge is 0.385 e. The van der Waals surface area contributed by atoms with Crippen molar-refractivity contribution in [2.24, 2.45) is 0 Å². The van der Waals surface area contributed by atoms with Crippen LogP contribution in [0.25, 0.3) is 0 Å². The molecule has 0 saturated carbocycles. The molecular formula is C17H27ClN3O3+. The van der Waals surface area contributed by atoms with E-state index in [4.69, 9.17) is 16.3 Å². The van der Waals surface area contributed by atoms with E-state index in [2.05, 4.69) is 10.6 Å². The van der Waals surface area contributed by atoms with Gasteiger partial charge in [0.05, 0.1) is 6.54 Å². The zero-order valence-corrected chi connectivity index (χ0v) is 15.1. The summed E-state index contributed by atoms with van der Waals surface area (Å²) in [7, 11) is 1.63. The first-order chi connectivity index (χ1) is 11.5. The van der Waals surface area contributed by atoms with Crippen molar-refractivity contribution in [1.82, 2.24) is 10.6 Å². The summed E-state index contributed by atoms with van der Waals surface area (Å²) < 4.78 is 4.93. The molecule has 0 fully saturated rings. The first kappa shape index (κ1) is 20.4. The van der Waals surface area contributed by atoms with Crippen LogP contribution in [-0.2, 0) is 20.9 Å². The van der Waals surface area contributed by atoms with E-state index in [0.29, 0.717) is 31.3 Å². The number of benzene rings is 1. The number of quaternary nitrogens is 1. The van der Waals surface area contributed by atoms with Crippen molar-refractivity contribution in [3.8, 4) is 0 Å². The molecule has 1 atom stereocenters. The Balaban J connectivity index is 2.28. The summed E-state index contributed by atoms with van der Waals surface area (Å²) in [6.45, 7) is 4.90. The smallest absolute Gasteiger partial charge is 0.275 e. The van der Waals surface area contributed by atoms with E-state index >= 15 is 0 Å². The standard InChI is InChI=1S/C17H26ClN3O3/c1-3-21(12-16(22)19-9-4-10-24-2)13-17(23)20-11-14-5-7-15(18)8-6-14/h5-8H,3-4,9-13H2,1-2H3,(H,19,22)(H,20,23)/p+1. The number of nitrogens with one attached hydrogen (secondary N) is 3. The number of carbonyl (C=O) groups is 2. The fourth-order valence-electron chi connectivity index (χ4n) is 2.14. The number of hydrogen-bond donors (Lipinski definition) is 3. The van der Waals surface area contributed by atoms with Gasteiger partial charge in [-0.2, -0.15) is 0 Å². The van der Waals surface area contributed by atoms with Gasteiger partial charge in [-0.05, 0) is 31.0 Å². The Morgan fingerprint density at radius 3 is 2.33 bits per heavy atom. The Kier molecular flexibility index (Phi) is 10.1. The minimum Gasteiger partial charge on any atom is -0.385 e. The van der Waals surface area contributed by atoms with E-state index in [9.17, 15) is 9.59 Å². The molecule has 1 aromatic carbocycles. The van der Waals surface area contributed by atoms with E-state index < -0.39 is 0 Å². The maximum absolute atomic E-state index is 12.0. The van der Waals surface area contributed by atoms with E-state index in [1.807, 2.05) is 19.1 Å². The van der Waals surface area contributed by atoms with Crippen LogP contribution in [0.3, 0.4) is 0 Å². The van der Waals surface area contributed by atoms with Crippen LogP contribution in [0.5, 0.6) is 0 Å². The molecule has 0 aliphatic rings. The second kappa shape index (κ2) is 11.8. The Morgan fingerprint density at radius 2 is 1.75 bits per heavy atom. The molecular weight excluding hydrogens is 330 g/mol. The summed E-state index contributed by atoms with van der Waals surface area (Å²) in [5.74, 6) is -0.123. The second-order valence-corrected chi connectivity index (χ2v) is 5.99. The number of carbonyl (C=O) groups excluding carboxylic acids is 2. The molecule has 3 N–H and O–H groups in total. The number of rotatable bonds is 11. The highest BCUT2D eigenvalue weighted by atomic mass is 35.5. The Labute approximate surface area is 148 Å². The number of likely N-dealkylation sites (N-methyl/N-ethyl adjacent to an activating group) is 1. The van der Waals surface area contributed by atoms with Gasteiger partial charge in [0.25, 0.3) is 11.8 Å². The normalized spacial score (nSPS) is 11.8. The highest BCUT2D eigenvalue weighted by molar-refractivity contribution is 6.30. The molecule has 24 heavy (non-hydrogen) atoms. The lowest BCUT2D eigenvalue weighted by atomic mass is 10.2. The Morgan fingerprint density at radius 1 is 1.12 bits per heavy atom. The highest BCUT2D eigenvalue weighted by Crippen LogP contribution is 2.08. The molecule has 0 aromatic heterocycles. The van der Waals surface area contributed by atoms with Gasteiger partial charge in [0.1, 0.15) is 0 Å². The van der Waals surface area contributed by atoms with Crippen LogP contribution in [0.4, 0.5) is 0 Å². The van der Waals surface area contributed by atoms with Crippen molar-refractivity contribution in [2.75, 3.05) is 39.9 Å². The van der Waals surface area contributed by atoms with Crippen LogP contribution in [0.2, 0.25) is 5.02 Å². The van der Waals surface area contributed by atoms with Crippen LogP contribution < -0.4 is 15.5 Å².